The molecule has 0 saturated carbocycles. The van der Waals surface area contributed by atoms with Crippen LogP contribution in [0.5, 0.6) is 0 Å². The normalized spacial score (nSPS) is 20.8. The fraction of sp³-hybridized carbons (Fsp3) is 0.333. The van der Waals surface area contributed by atoms with E-state index in [0.29, 0.717) is 5.25 Å². The Hall–Kier alpha value is -0.900. The van der Waals surface area contributed by atoms with E-state index in [0.717, 1.165) is 6.54 Å². The summed E-state index contributed by atoms with van der Waals surface area (Å²) in [6.45, 7) is 1.14. The summed E-state index contributed by atoms with van der Waals surface area (Å²) in [6.07, 6.45) is 0. The number of nitrogens with zero attached hydrogens (tertiary/aromatic N) is 1. The predicted molar refractivity (Wildman–Crippen MR) is 96.1 cm³/mol. The van der Waals surface area contributed by atoms with Gasteiger partial charge < -0.3 is 4.90 Å². The maximum Gasteiger partial charge on any atom is 0.112 e. The van der Waals surface area contributed by atoms with Crippen LogP contribution in [0.25, 0.3) is 0 Å². The molecule has 3 heteroatoms. The molecule has 2 aromatic carbocycles. The molecule has 110 valence electrons. The van der Waals surface area contributed by atoms with Crippen LogP contribution >= 0.6 is 23.5 Å². The molecule has 0 aliphatic carbocycles. The molecule has 1 aliphatic rings. The van der Waals surface area contributed by atoms with E-state index >= 15 is 0 Å². The van der Waals surface area contributed by atoms with Crippen LogP contribution in [0.2, 0.25) is 0 Å². The van der Waals surface area contributed by atoms with Gasteiger partial charge in [0.25, 0.3) is 0 Å². The molecule has 0 N–H and O–H groups in total. The van der Waals surface area contributed by atoms with Crippen LogP contribution in [0.4, 0.5) is 0 Å². The highest BCUT2D eigenvalue weighted by Gasteiger charge is 2.43. The standard InChI is InChI=1S/C18H21NS2/c1-19(2)13-17-14-20-18(21-17,15-9-5-3-6-10-15)16-11-7-4-8-12-16/h3-12,17H,13-14H2,1-2H3. The number of benzene rings is 2. The third kappa shape index (κ3) is 3.15. The van der Waals surface area contributed by atoms with Crippen LogP contribution in [-0.2, 0) is 4.08 Å². The molecule has 2 aromatic rings. The molecule has 1 unspecified atom stereocenters. The molecule has 3 rings (SSSR count). The smallest absolute Gasteiger partial charge is 0.112 e. The van der Waals surface area contributed by atoms with Gasteiger partial charge in [0.05, 0.1) is 0 Å². The molecule has 1 nitrogen and oxygen atoms in total. The van der Waals surface area contributed by atoms with E-state index in [1.54, 1.807) is 0 Å². The fourth-order valence-corrected chi connectivity index (χ4v) is 6.67. The van der Waals surface area contributed by atoms with Gasteiger partial charge >= 0.3 is 0 Å². The first-order valence-corrected chi connectivity index (χ1v) is 9.15. The van der Waals surface area contributed by atoms with Crippen molar-refractivity contribution in [3.8, 4) is 0 Å². The lowest BCUT2D eigenvalue weighted by Gasteiger charge is -2.29. The number of hydrogen-bond donors (Lipinski definition) is 0. The minimum atomic E-state index is 0.0448. The molecule has 0 aromatic heterocycles. The Morgan fingerprint density at radius 1 is 0.952 bits per heavy atom. The Bertz CT molecular complexity index is 529. The number of thioether (sulfide) groups is 2. The fourth-order valence-electron chi connectivity index (χ4n) is 2.79. The quantitative estimate of drug-likeness (QED) is 0.828. The molecule has 1 heterocycles. The maximum atomic E-state index is 2.30. The molecular formula is C18H21NS2. The molecule has 21 heavy (non-hydrogen) atoms. The molecular weight excluding hydrogens is 294 g/mol. The topological polar surface area (TPSA) is 3.24 Å². The maximum absolute atomic E-state index is 2.30. The molecule has 1 atom stereocenters. The summed E-state index contributed by atoms with van der Waals surface area (Å²) in [5.74, 6) is 1.20. The summed E-state index contributed by atoms with van der Waals surface area (Å²) in [6, 6.07) is 21.9. The minimum Gasteiger partial charge on any atom is -0.308 e. The van der Waals surface area contributed by atoms with Crippen LogP contribution in [0.15, 0.2) is 60.7 Å². The van der Waals surface area contributed by atoms with Crippen LogP contribution < -0.4 is 0 Å². The highest BCUT2D eigenvalue weighted by Crippen LogP contribution is 2.58. The molecule has 1 fully saturated rings. The van der Waals surface area contributed by atoms with Crippen molar-refractivity contribution in [2.24, 2.45) is 0 Å². The van der Waals surface area contributed by atoms with Crippen molar-refractivity contribution in [2.75, 3.05) is 26.4 Å². The Morgan fingerprint density at radius 3 is 1.95 bits per heavy atom. The van der Waals surface area contributed by atoms with Gasteiger partial charge in [-0.05, 0) is 25.2 Å². The van der Waals surface area contributed by atoms with Gasteiger partial charge in [0.2, 0.25) is 0 Å². The van der Waals surface area contributed by atoms with Gasteiger partial charge in [0.1, 0.15) is 4.08 Å². The first-order valence-electron chi connectivity index (χ1n) is 7.28. The van der Waals surface area contributed by atoms with E-state index in [2.05, 4.69) is 103 Å². The van der Waals surface area contributed by atoms with Crippen molar-refractivity contribution in [3.05, 3.63) is 71.8 Å². The predicted octanol–water partition coefficient (Wildman–Crippen LogP) is 4.30. The zero-order chi connectivity index (χ0) is 14.7. The second-order valence-corrected chi connectivity index (χ2v) is 8.67. The van der Waals surface area contributed by atoms with Gasteiger partial charge in [-0.1, -0.05) is 60.7 Å². The second kappa shape index (κ2) is 6.47. The first-order chi connectivity index (χ1) is 10.2. The zero-order valence-corrected chi connectivity index (χ0v) is 14.2. The highest BCUT2D eigenvalue weighted by atomic mass is 32.2. The van der Waals surface area contributed by atoms with E-state index in [-0.39, 0.29) is 4.08 Å². The molecule has 0 spiro atoms. The monoisotopic (exact) mass is 315 g/mol. The third-order valence-corrected chi connectivity index (χ3v) is 7.43. The van der Waals surface area contributed by atoms with E-state index in [4.69, 9.17) is 0 Å². The Kier molecular flexibility index (Phi) is 4.63. The van der Waals surface area contributed by atoms with E-state index in [1.165, 1.54) is 16.9 Å². The summed E-state index contributed by atoms with van der Waals surface area (Å²) >= 11 is 4.20. The largest absolute Gasteiger partial charge is 0.308 e. The van der Waals surface area contributed by atoms with Crippen molar-refractivity contribution >= 4 is 23.5 Å². The van der Waals surface area contributed by atoms with Crippen molar-refractivity contribution in [2.45, 2.75) is 9.33 Å². The minimum absolute atomic E-state index is 0.0448. The summed E-state index contributed by atoms with van der Waals surface area (Å²) in [5.41, 5.74) is 2.82. The SMILES string of the molecule is CN(C)CC1CSC(c2ccccc2)(c2ccccc2)S1. The Morgan fingerprint density at radius 2 is 1.48 bits per heavy atom. The zero-order valence-electron chi connectivity index (χ0n) is 12.5. The summed E-state index contributed by atoms with van der Waals surface area (Å²) in [4.78, 5) is 2.30. The van der Waals surface area contributed by atoms with Gasteiger partial charge in [-0.25, -0.2) is 0 Å². The van der Waals surface area contributed by atoms with Crippen LogP contribution in [0.3, 0.4) is 0 Å². The van der Waals surface area contributed by atoms with Gasteiger partial charge in [-0.15, -0.1) is 23.5 Å². The third-order valence-electron chi connectivity index (χ3n) is 3.68. The summed E-state index contributed by atoms with van der Waals surface area (Å²) < 4.78 is 0.0448. The molecule has 0 bridgehead atoms. The van der Waals surface area contributed by atoms with Crippen molar-refractivity contribution in [3.63, 3.8) is 0 Å². The number of rotatable bonds is 4. The molecule has 1 aliphatic heterocycles. The average Bonchev–Trinajstić information content (AvgIpc) is 2.93. The van der Waals surface area contributed by atoms with E-state index in [1.807, 2.05) is 0 Å². The Balaban J connectivity index is 1.98. The van der Waals surface area contributed by atoms with Crippen molar-refractivity contribution in [1.82, 2.24) is 4.90 Å². The lowest BCUT2D eigenvalue weighted by molar-refractivity contribution is 0.415. The van der Waals surface area contributed by atoms with Gasteiger partial charge in [0.15, 0.2) is 0 Å². The van der Waals surface area contributed by atoms with Crippen LogP contribution in [0, 0.1) is 0 Å². The summed E-state index contributed by atoms with van der Waals surface area (Å²) in [5, 5.41) is 0.672. The molecule has 0 amide bonds. The lowest BCUT2D eigenvalue weighted by Crippen LogP contribution is -2.24. The van der Waals surface area contributed by atoms with Gasteiger partial charge in [-0.3, -0.25) is 0 Å². The van der Waals surface area contributed by atoms with Crippen molar-refractivity contribution < 1.29 is 0 Å². The molecule has 1 saturated heterocycles. The van der Waals surface area contributed by atoms with E-state index < -0.39 is 0 Å². The summed E-state index contributed by atoms with van der Waals surface area (Å²) in [7, 11) is 4.33. The Labute approximate surface area is 136 Å². The van der Waals surface area contributed by atoms with Crippen LogP contribution in [-0.4, -0.2) is 36.5 Å². The second-order valence-electron chi connectivity index (χ2n) is 5.66. The average molecular weight is 316 g/mol. The van der Waals surface area contributed by atoms with Crippen LogP contribution in [0.1, 0.15) is 11.1 Å². The van der Waals surface area contributed by atoms with Gasteiger partial charge in [-0.2, -0.15) is 0 Å². The first kappa shape index (κ1) is 15.0. The number of hydrogen-bond acceptors (Lipinski definition) is 3. The van der Waals surface area contributed by atoms with Gasteiger partial charge in [0, 0.05) is 17.5 Å². The lowest BCUT2D eigenvalue weighted by atomic mass is 10.0. The van der Waals surface area contributed by atoms with E-state index in [9.17, 15) is 0 Å². The molecule has 0 radical (unpaired) electrons. The highest BCUT2D eigenvalue weighted by molar-refractivity contribution is 8.21. The van der Waals surface area contributed by atoms with Crippen molar-refractivity contribution in [1.29, 1.82) is 0 Å².